The summed E-state index contributed by atoms with van der Waals surface area (Å²) in [5, 5.41) is 4.39. The molecule has 0 spiro atoms. The van der Waals surface area contributed by atoms with Gasteiger partial charge in [-0.15, -0.1) is 0 Å². The van der Waals surface area contributed by atoms with Crippen molar-refractivity contribution in [3.8, 4) is 0 Å². The van der Waals surface area contributed by atoms with Gasteiger partial charge in [-0.05, 0) is 43.6 Å². The predicted octanol–water partition coefficient (Wildman–Crippen LogP) is 4.19. The van der Waals surface area contributed by atoms with Crippen molar-refractivity contribution in [1.29, 1.82) is 0 Å². The van der Waals surface area contributed by atoms with Crippen molar-refractivity contribution in [3.63, 3.8) is 0 Å². The van der Waals surface area contributed by atoms with Crippen molar-refractivity contribution < 1.29 is 0 Å². The highest BCUT2D eigenvalue weighted by molar-refractivity contribution is 6.30. The highest BCUT2D eigenvalue weighted by atomic mass is 35.5. The summed E-state index contributed by atoms with van der Waals surface area (Å²) in [5.41, 5.74) is 1.32. The fraction of sp³-hybridized carbons (Fsp3) is 0.647. The minimum atomic E-state index is 0.592. The lowest BCUT2D eigenvalue weighted by molar-refractivity contribution is 0.213. The summed E-state index contributed by atoms with van der Waals surface area (Å²) in [7, 11) is 2.21. The summed E-state index contributed by atoms with van der Waals surface area (Å²) in [6, 6.07) is 8.76. The van der Waals surface area contributed by atoms with E-state index in [9.17, 15) is 0 Å². The first-order chi connectivity index (χ1) is 9.52. The molecule has 1 unspecified atom stereocenters. The van der Waals surface area contributed by atoms with Crippen LogP contribution in [-0.4, -0.2) is 31.1 Å². The van der Waals surface area contributed by atoms with Crippen molar-refractivity contribution in [3.05, 3.63) is 34.9 Å². The molecule has 1 aromatic rings. The van der Waals surface area contributed by atoms with E-state index >= 15 is 0 Å². The van der Waals surface area contributed by atoms with E-state index in [-0.39, 0.29) is 0 Å². The first kappa shape index (κ1) is 17.5. The molecule has 0 aromatic heterocycles. The molecule has 3 heteroatoms. The Morgan fingerprint density at radius 3 is 2.35 bits per heavy atom. The maximum atomic E-state index is 5.94. The Hall–Kier alpha value is -0.570. The second kappa shape index (κ2) is 9.38. The van der Waals surface area contributed by atoms with E-state index in [4.69, 9.17) is 11.6 Å². The summed E-state index contributed by atoms with van der Waals surface area (Å²) in [6.07, 6.45) is 2.45. The molecule has 2 nitrogen and oxygen atoms in total. The Morgan fingerprint density at radius 1 is 1.15 bits per heavy atom. The Morgan fingerprint density at radius 2 is 1.80 bits per heavy atom. The molecule has 1 atom stereocenters. The standard InChI is InChI=1S/C17H29ClN2/c1-5-6-17(12-19-11-14(2)3)20(4)13-15-7-9-16(18)10-8-15/h7-10,14,17,19H,5-6,11-13H2,1-4H3. The molecule has 1 aromatic carbocycles. The van der Waals surface area contributed by atoms with Gasteiger partial charge in [-0.1, -0.05) is 50.9 Å². The van der Waals surface area contributed by atoms with Crippen molar-refractivity contribution in [2.75, 3.05) is 20.1 Å². The van der Waals surface area contributed by atoms with E-state index in [1.54, 1.807) is 0 Å². The zero-order chi connectivity index (χ0) is 15.0. The summed E-state index contributed by atoms with van der Waals surface area (Å²) in [5.74, 6) is 0.707. The van der Waals surface area contributed by atoms with E-state index in [0.29, 0.717) is 12.0 Å². The van der Waals surface area contributed by atoms with Crippen molar-refractivity contribution >= 4 is 11.6 Å². The second-order valence-electron chi connectivity index (χ2n) is 6.04. The number of hydrogen-bond donors (Lipinski definition) is 1. The van der Waals surface area contributed by atoms with E-state index in [0.717, 1.165) is 24.7 Å². The number of nitrogens with zero attached hydrogens (tertiary/aromatic N) is 1. The summed E-state index contributed by atoms with van der Waals surface area (Å²) in [4.78, 5) is 2.44. The van der Waals surface area contributed by atoms with E-state index in [1.807, 2.05) is 12.1 Å². The Labute approximate surface area is 129 Å². The monoisotopic (exact) mass is 296 g/mol. The Balaban J connectivity index is 2.49. The van der Waals surface area contributed by atoms with Crippen LogP contribution in [0.5, 0.6) is 0 Å². The van der Waals surface area contributed by atoms with Crippen molar-refractivity contribution in [2.45, 2.75) is 46.2 Å². The molecule has 0 aliphatic heterocycles. The van der Waals surface area contributed by atoms with Gasteiger partial charge < -0.3 is 5.32 Å². The molecule has 0 aliphatic rings. The molecule has 114 valence electrons. The van der Waals surface area contributed by atoms with Crippen LogP contribution in [-0.2, 0) is 6.54 Å². The summed E-state index contributed by atoms with van der Waals surface area (Å²) in [6.45, 7) is 9.89. The van der Waals surface area contributed by atoms with E-state index in [2.05, 4.69) is 50.2 Å². The van der Waals surface area contributed by atoms with Crippen LogP contribution in [0.1, 0.15) is 39.2 Å². The van der Waals surface area contributed by atoms with Crippen LogP contribution in [0.25, 0.3) is 0 Å². The zero-order valence-electron chi connectivity index (χ0n) is 13.3. The third-order valence-corrected chi connectivity index (χ3v) is 3.78. The van der Waals surface area contributed by atoms with Crippen LogP contribution in [0, 0.1) is 5.92 Å². The van der Waals surface area contributed by atoms with Crippen LogP contribution < -0.4 is 5.32 Å². The molecular weight excluding hydrogens is 268 g/mol. The van der Waals surface area contributed by atoms with Gasteiger partial charge in [0, 0.05) is 24.2 Å². The maximum Gasteiger partial charge on any atom is 0.0406 e. The minimum Gasteiger partial charge on any atom is -0.315 e. The number of hydrogen-bond acceptors (Lipinski definition) is 2. The number of halogens is 1. The van der Waals surface area contributed by atoms with Gasteiger partial charge in [-0.3, -0.25) is 4.90 Å². The molecule has 0 saturated heterocycles. The maximum absolute atomic E-state index is 5.94. The molecule has 0 heterocycles. The molecule has 20 heavy (non-hydrogen) atoms. The number of likely N-dealkylation sites (N-methyl/N-ethyl adjacent to an activating group) is 1. The van der Waals surface area contributed by atoms with Gasteiger partial charge >= 0.3 is 0 Å². The zero-order valence-corrected chi connectivity index (χ0v) is 14.1. The molecule has 0 aliphatic carbocycles. The SMILES string of the molecule is CCCC(CNCC(C)C)N(C)Cc1ccc(Cl)cc1. The molecular formula is C17H29ClN2. The minimum absolute atomic E-state index is 0.592. The third kappa shape index (κ3) is 6.74. The fourth-order valence-electron chi connectivity index (χ4n) is 2.36. The molecule has 0 saturated carbocycles. The van der Waals surface area contributed by atoms with Gasteiger partial charge in [0.15, 0.2) is 0 Å². The van der Waals surface area contributed by atoms with Gasteiger partial charge in [0.05, 0.1) is 0 Å². The van der Waals surface area contributed by atoms with Crippen LogP contribution >= 0.6 is 11.6 Å². The van der Waals surface area contributed by atoms with Gasteiger partial charge in [0.2, 0.25) is 0 Å². The van der Waals surface area contributed by atoms with E-state index < -0.39 is 0 Å². The summed E-state index contributed by atoms with van der Waals surface area (Å²) >= 11 is 5.94. The normalized spacial score (nSPS) is 13.2. The average molecular weight is 297 g/mol. The number of nitrogens with one attached hydrogen (secondary N) is 1. The number of benzene rings is 1. The lowest BCUT2D eigenvalue weighted by atomic mass is 10.1. The van der Waals surface area contributed by atoms with Gasteiger partial charge in [0.1, 0.15) is 0 Å². The summed E-state index contributed by atoms with van der Waals surface area (Å²) < 4.78 is 0. The van der Waals surface area contributed by atoms with Crippen molar-refractivity contribution in [2.24, 2.45) is 5.92 Å². The van der Waals surface area contributed by atoms with Crippen LogP contribution in [0.2, 0.25) is 5.02 Å². The predicted molar refractivity (Wildman–Crippen MR) is 89.3 cm³/mol. The lowest BCUT2D eigenvalue weighted by Crippen LogP contribution is -2.40. The van der Waals surface area contributed by atoms with Crippen LogP contribution in [0.15, 0.2) is 24.3 Å². The molecule has 0 bridgehead atoms. The Kier molecular flexibility index (Phi) is 8.20. The molecule has 0 radical (unpaired) electrons. The van der Waals surface area contributed by atoms with E-state index in [1.165, 1.54) is 18.4 Å². The molecule has 0 fully saturated rings. The Bertz CT molecular complexity index is 362. The highest BCUT2D eigenvalue weighted by Crippen LogP contribution is 2.13. The van der Waals surface area contributed by atoms with Crippen LogP contribution in [0.4, 0.5) is 0 Å². The fourth-order valence-corrected chi connectivity index (χ4v) is 2.48. The second-order valence-corrected chi connectivity index (χ2v) is 6.47. The quantitative estimate of drug-likeness (QED) is 0.735. The molecule has 0 amide bonds. The highest BCUT2D eigenvalue weighted by Gasteiger charge is 2.14. The molecule has 1 rings (SSSR count). The smallest absolute Gasteiger partial charge is 0.0406 e. The largest absolute Gasteiger partial charge is 0.315 e. The number of rotatable bonds is 9. The van der Waals surface area contributed by atoms with Gasteiger partial charge in [0.25, 0.3) is 0 Å². The first-order valence-corrected chi connectivity index (χ1v) is 8.06. The van der Waals surface area contributed by atoms with Crippen LogP contribution in [0.3, 0.4) is 0 Å². The van der Waals surface area contributed by atoms with Crippen molar-refractivity contribution in [1.82, 2.24) is 10.2 Å². The topological polar surface area (TPSA) is 15.3 Å². The lowest BCUT2D eigenvalue weighted by Gasteiger charge is -2.28. The third-order valence-electron chi connectivity index (χ3n) is 3.52. The van der Waals surface area contributed by atoms with Gasteiger partial charge in [-0.25, -0.2) is 0 Å². The first-order valence-electron chi connectivity index (χ1n) is 7.68. The van der Waals surface area contributed by atoms with Gasteiger partial charge in [-0.2, -0.15) is 0 Å². The molecule has 1 N–H and O–H groups in total. The average Bonchev–Trinajstić information content (AvgIpc) is 2.40.